The van der Waals surface area contributed by atoms with Gasteiger partial charge in [-0.05, 0) is 49.4 Å². The molecule has 1 aliphatic rings. The molecule has 0 radical (unpaired) electrons. The van der Waals surface area contributed by atoms with Gasteiger partial charge in [-0.25, -0.2) is 8.78 Å². The van der Waals surface area contributed by atoms with E-state index in [4.69, 9.17) is 0 Å². The lowest BCUT2D eigenvalue weighted by molar-refractivity contribution is -0.121. The number of rotatable bonds is 5. The first-order chi connectivity index (χ1) is 14.4. The molecule has 3 amide bonds. The summed E-state index contributed by atoms with van der Waals surface area (Å²) >= 11 is 1.46. The van der Waals surface area contributed by atoms with Crippen molar-refractivity contribution in [1.29, 1.82) is 0 Å². The van der Waals surface area contributed by atoms with E-state index in [9.17, 15) is 23.2 Å². The molecule has 0 saturated heterocycles. The van der Waals surface area contributed by atoms with E-state index in [2.05, 4.69) is 16.2 Å². The number of hydrogen-bond acceptors (Lipinski definition) is 4. The number of carbonyl (C=O) groups excluding carboxylic acids is 3. The molecule has 0 bridgehead atoms. The third kappa shape index (κ3) is 5.85. The van der Waals surface area contributed by atoms with Gasteiger partial charge in [0.15, 0.2) is 0 Å². The van der Waals surface area contributed by atoms with Crippen LogP contribution in [0.3, 0.4) is 0 Å². The van der Waals surface area contributed by atoms with Crippen molar-refractivity contribution in [3.8, 4) is 0 Å². The van der Waals surface area contributed by atoms with Crippen molar-refractivity contribution in [1.82, 2.24) is 16.2 Å². The molecule has 0 spiro atoms. The van der Waals surface area contributed by atoms with Crippen molar-refractivity contribution < 1.29 is 23.2 Å². The minimum Gasteiger partial charge on any atom is -0.351 e. The molecule has 0 unspecified atom stereocenters. The number of hydrazine groups is 1. The van der Waals surface area contributed by atoms with Crippen LogP contribution in [-0.4, -0.2) is 24.3 Å². The zero-order valence-electron chi connectivity index (χ0n) is 16.4. The summed E-state index contributed by atoms with van der Waals surface area (Å²) in [5.41, 5.74) is 5.60. The molecule has 1 aliphatic carbocycles. The van der Waals surface area contributed by atoms with Crippen molar-refractivity contribution >= 4 is 29.1 Å². The lowest BCUT2D eigenvalue weighted by Gasteiger charge is -2.08. The van der Waals surface area contributed by atoms with Gasteiger partial charge < -0.3 is 5.32 Å². The van der Waals surface area contributed by atoms with Gasteiger partial charge in [-0.2, -0.15) is 0 Å². The van der Waals surface area contributed by atoms with E-state index in [0.29, 0.717) is 10.9 Å². The molecular formula is C21H23F2N3O3S. The Hall–Kier alpha value is -2.81. The van der Waals surface area contributed by atoms with Crippen LogP contribution in [0.15, 0.2) is 24.3 Å². The Bertz CT molecular complexity index is 920. The summed E-state index contributed by atoms with van der Waals surface area (Å²) in [6.07, 6.45) is 6.49. The standard InChI is InChI=1S/C21H23F2N3O3S/c22-14-7-8-15(16(23)12-14)20(28)24-10-9-19(27)25-26-21(29)18-11-13-5-3-1-2-4-6-17(13)30-18/h7-8,11-12H,1-6,9-10H2,(H,24,28)(H,25,27)(H,26,29). The van der Waals surface area contributed by atoms with Crippen LogP contribution >= 0.6 is 11.3 Å². The lowest BCUT2D eigenvalue weighted by atomic mass is 10.00. The van der Waals surface area contributed by atoms with Gasteiger partial charge in [0.25, 0.3) is 11.8 Å². The van der Waals surface area contributed by atoms with Gasteiger partial charge in [0.1, 0.15) is 11.6 Å². The second-order valence-corrected chi connectivity index (χ2v) is 8.24. The third-order valence-corrected chi connectivity index (χ3v) is 6.09. The smallest absolute Gasteiger partial charge is 0.279 e. The number of halogens is 2. The van der Waals surface area contributed by atoms with Crippen LogP contribution in [0.2, 0.25) is 0 Å². The molecule has 0 saturated carbocycles. The molecule has 0 aliphatic heterocycles. The fraction of sp³-hybridized carbons (Fsp3) is 0.381. The van der Waals surface area contributed by atoms with E-state index >= 15 is 0 Å². The van der Waals surface area contributed by atoms with Gasteiger partial charge in [0.2, 0.25) is 5.91 Å². The summed E-state index contributed by atoms with van der Waals surface area (Å²) in [6.45, 7) is -0.0648. The van der Waals surface area contributed by atoms with Crippen LogP contribution in [-0.2, 0) is 17.6 Å². The molecule has 30 heavy (non-hydrogen) atoms. The minimum atomic E-state index is -0.978. The quantitative estimate of drug-likeness (QED) is 0.630. The molecule has 1 aromatic carbocycles. The van der Waals surface area contributed by atoms with Gasteiger partial charge in [0.05, 0.1) is 10.4 Å². The van der Waals surface area contributed by atoms with Crippen molar-refractivity contribution in [2.45, 2.75) is 44.9 Å². The Morgan fingerprint density at radius 2 is 1.70 bits per heavy atom. The Balaban J connectivity index is 1.42. The van der Waals surface area contributed by atoms with Gasteiger partial charge in [-0.15, -0.1) is 11.3 Å². The van der Waals surface area contributed by atoms with E-state index in [-0.39, 0.29) is 24.4 Å². The second kappa shape index (κ2) is 10.3. The normalized spacial score (nSPS) is 13.5. The van der Waals surface area contributed by atoms with E-state index in [0.717, 1.165) is 37.8 Å². The topological polar surface area (TPSA) is 87.3 Å². The maximum absolute atomic E-state index is 13.6. The van der Waals surface area contributed by atoms with E-state index in [1.807, 2.05) is 6.07 Å². The predicted octanol–water partition coefficient (Wildman–Crippen LogP) is 3.27. The fourth-order valence-electron chi connectivity index (χ4n) is 3.27. The molecule has 0 atom stereocenters. The number of nitrogens with one attached hydrogen (secondary N) is 3. The maximum atomic E-state index is 13.6. The minimum absolute atomic E-state index is 0.0648. The van der Waals surface area contributed by atoms with Crippen LogP contribution in [0.25, 0.3) is 0 Å². The first-order valence-electron chi connectivity index (χ1n) is 9.88. The number of fused-ring (bicyclic) bond motifs is 1. The highest BCUT2D eigenvalue weighted by Crippen LogP contribution is 2.28. The average molecular weight is 435 g/mol. The molecule has 2 aromatic rings. The monoisotopic (exact) mass is 435 g/mol. The van der Waals surface area contributed by atoms with Crippen LogP contribution in [0.4, 0.5) is 8.78 Å². The zero-order valence-corrected chi connectivity index (χ0v) is 17.2. The number of carbonyl (C=O) groups is 3. The van der Waals surface area contributed by atoms with Crippen LogP contribution in [0, 0.1) is 11.6 Å². The molecular weight excluding hydrogens is 412 g/mol. The maximum Gasteiger partial charge on any atom is 0.279 e. The van der Waals surface area contributed by atoms with Gasteiger partial charge in [0, 0.05) is 23.9 Å². The highest BCUT2D eigenvalue weighted by Gasteiger charge is 2.17. The number of hydrogen-bond donors (Lipinski definition) is 3. The highest BCUT2D eigenvalue weighted by atomic mass is 32.1. The number of amides is 3. The largest absolute Gasteiger partial charge is 0.351 e. The second-order valence-electron chi connectivity index (χ2n) is 7.11. The predicted molar refractivity (Wildman–Crippen MR) is 109 cm³/mol. The van der Waals surface area contributed by atoms with Crippen molar-refractivity contribution in [3.63, 3.8) is 0 Å². The number of aryl methyl sites for hydroxylation is 2. The summed E-state index contributed by atoms with van der Waals surface area (Å²) in [6, 6.07) is 4.52. The summed E-state index contributed by atoms with van der Waals surface area (Å²) in [4.78, 5) is 37.9. The lowest BCUT2D eigenvalue weighted by Crippen LogP contribution is -2.42. The van der Waals surface area contributed by atoms with Crippen molar-refractivity contribution in [2.75, 3.05) is 6.54 Å². The summed E-state index contributed by atoms with van der Waals surface area (Å²) < 4.78 is 26.4. The Kier molecular flexibility index (Phi) is 7.51. The van der Waals surface area contributed by atoms with Gasteiger partial charge in [-0.3, -0.25) is 25.2 Å². The molecule has 1 heterocycles. The SMILES string of the molecule is O=C(CCNC(=O)c1ccc(F)cc1F)NNC(=O)c1cc2c(s1)CCCCCC2. The van der Waals surface area contributed by atoms with Crippen molar-refractivity contribution in [3.05, 3.63) is 56.8 Å². The number of thiophene rings is 1. The van der Waals surface area contributed by atoms with Crippen molar-refractivity contribution in [2.24, 2.45) is 0 Å². The molecule has 1 aromatic heterocycles. The third-order valence-electron chi connectivity index (χ3n) is 4.85. The highest BCUT2D eigenvalue weighted by molar-refractivity contribution is 7.14. The van der Waals surface area contributed by atoms with E-state index in [1.54, 1.807) is 0 Å². The summed E-state index contributed by atoms with van der Waals surface area (Å²) in [5, 5.41) is 2.38. The Morgan fingerprint density at radius 1 is 0.933 bits per heavy atom. The summed E-state index contributed by atoms with van der Waals surface area (Å²) in [5.74, 6) is -3.39. The fourth-order valence-corrected chi connectivity index (χ4v) is 4.41. The molecule has 3 rings (SSSR count). The molecule has 0 fully saturated rings. The Labute approximate surface area is 177 Å². The molecule has 6 nitrogen and oxygen atoms in total. The zero-order chi connectivity index (χ0) is 21.5. The molecule has 9 heteroatoms. The van der Waals surface area contributed by atoms with Crippen LogP contribution in [0.1, 0.15) is 62.6 Å². The summed E-state index contributed by atoms with van der Waals surface area (Å²) in [7, 11) is 0. The Morgan fingerprint density at radius 3 is 2.47 bits per heavy atom. The first kappa shape index (κ1) is 21.9. The van der Waals surface area contributed by atoms with Gasteiger partial charge in [-0.1, -0.05) is 12.8 Å². The van der Waals surface area contributed by atoms with Gasteiger partial charge >= 0.3 is 0 Å². The average Bonchev–Trinajstić information content (AvgIpc) is 3.08. The van der Waals surface area contributed by atoms with E-state index in [1.165, 1.54) is 34.6 Å². The molecule has 160 valence electrons. The molecule has 3 N–H and O–H groups in total. The van der Waals surface area contributed by atoms with Crippen LogP contribution in [0.5, 0.6) is 0 Å². The number of benzene rings is 1. The van der Waals surface area contributed by atoms with Crippen LogP contribution < -0.4 is 16.2 Å². The first-order valence-corrected chi connectivity index (χ1v) is 10.7. The van der Waals surface area contributed by atoms with E-state index < -0.39 is 23.4 Å².